The molecule has 0 spiro atoms. The van der Waals surface area contributed by atoms with Crippen molar-refractivity contribution in [3.63, 3.8) is 0 Å². The van der Waals surface area contributed by atoms with E-state index in [0.29, 0.717) is 41.2 Å². The van der Waals surface area contributed by atoms with Crippen LogP contribution in [0.15, 0.2) is 41.8 Å². The fourth-order valence-corrected chi connectivity index (χ4v) is 6.31. The minimum absolute atomic E-state index is 0.0257. The molecule has 3 atom stereocenters. The number of piperidine rings is 1. The summed E-state index contributed by atoms with van der Waals surface area (Å²) in [6, 6.07) is 3.12. The molecule has 40 heavy (non-hydrogen) atoms. The van der Waals surface area contributed by atoms with Gasteiger partial charge in [-0.1, -0.05) is 32.2 Å². The molecule has 2 aromatic rings. The minimum Gasteiger partial charge on any atom is -0.458 e. The Bertz CT molecular complexity index is 1270. The van der Waals surface area contributed by atoms with E-state index in [1.807, 2.05) is 19.9 Å². The Morgan fingerprint density at radius 2 is 2.15 bits per heavy atom. The lowest BCUT2D eigenvalue weighted by Crippen LogP contribution is -2.49. The summed E-state index contributed by atoms with van der Waals surface area (Å²) in [6.07, 6.45) is 6.05. The molecular formula is C28H38F2N6O2S2. The highest BCUT2D eigenvalue weighted by molar-refractivity contribution is 8.11. The van der Waals surface area contributed by atoms with E-state index in [1.54, 1.807) is 18.5 Å². The number of hydrogen-bond donors (Lipinski definition) is 3. The smallest absolute Gasteiger partial charge is 0.262 e. The maximum Gasteiger partial charge on any atom is 0.262 e. The number of ether oxygens (including phenoxy) is 1. The molecule has 12 heteroatoms. The lowest BCUT2D eigenvalue weighted by molar-refractivity contribution is -0.0244. The van der Waals surface area contributed by atoms with Crippen molar-refractivity contribution in [2.24, 2.45) is 11.8 Å². The summed E-state index contributed by atoms with van der Waals surface area (Å²) in [7, 11) is -1.16. The first kappa shape index (κ1) is 30.4. The molecule has 0 bridgehead atoms. The van der Waals surface area contributed by atoms with Crippen molar-refractivity contribution in [3.05, 3.63) is 53.0 Å². The summed E-state index contributed by atoms with van der Waals surface area (Å²) in [6.45, 7) is 12.1. The van der Waals surface area contributed by atoms with Crippen molar-refractivity contribution < 1.29 is 17.7 Å². The monoisotopic (exact) mass is 592 g/mol. The third-order valence-corrected chi connectivity index (χ3v) is 8.86. The Labute approximate surface area is 241 Å². The predicted molar refractivity (Wildman–Crippen MR) is 160 cm³/mol. The Kier molecular flexibility index (Phi) is 10.2. The van der Waals surface area contributed by atoms with E-state index in [9.17, 15) is 13.0 Å². The molecule has 4 rings (SSSR count). The molecule has 1 saturated carbocycles. The molecule has 3 unspecified atom stereocenters. The SMILES string of the molecule is C=C(C)S/C(=C(/Oc1cnc(NS(=O)CC2CC2)cc1C)C(C)CC)c1ccnc(NC2CNCC(F)(F)C2)n1. The lowest BCUT2D eigenvalue weighted by atomic mass is 10.0. The van der Waals surface area contributed by atoms with Crippen molar-refractivity contribution in [1.82, 2.24) is 20.3 Å². The Hall–Kier alpha value is -2.57. The van der Waals surface area contributed by atoms with Crippen LogP contribution in [0.1, 0.15) is 57.7 Å². The fourth-order valence-electron chi connectivity index (χ4n) is 4.21. The quantitative estimate of drug-likeness (QED) is 0.239. The summed E-state index contributed by atoms with van der Waals surface area (Å²) in [5.74, 6) is 0.526. The average Bonchev–Trinajstić information content (AvgIpc) is 3.70. The minimum atomic E-state index is -2.78. The van der Waals surface area contributed by atoms with Gasteiger partial charge in [0.15, 0.2) is 0 Å². The molecule has 1 aliphatic heterocycles. The van der Waals surface area contributed by atoms with E-state index in [0.717, 1.165) is 34.6 Å². The third kappa shape index (κ3) is 8.71. The second-order valence-electron chi connectivity index (χ2n) is 10.6. The first-order chi connectivity index (χ1) is 19.0. The van der Waals surface area contributed by atoms with Crippen LogP contribution >= 0.6 is 11.8 Å². The number of anilines is 2. The molecule has 0 radical (unpaired) electrons. The van der Waals surface area contributed by atoms with Gasteiger partial charge in [-0.3, -0.25) is 4.72 Å². The number of aryl methyl sites for hydroxylation is 1. The zero-order chi connectivity index (χ0) is 28.9. The van der Waals surface area contributed by atoms with Crippen molar-refractivity contribution in [2.75, 3.05) is 28.9 Å². The molecule has 2 fully saturated rings. The number of nitrogens with one attached hydrogen (secondary N) is 3. The highest BCUT2D eigenvalue weighted by Crippen LogP contribution is 2.39. The van der Waals surface area contributed by atoms with E-state index < -0.39 is 22.9 Å². The molecule has 218 valence electrons. The average molecular weight is 593 g/mol. The van der Waals surface area contributed by atoms with Crippen LogP contribution < -0.4 is 20.1 Å². The first-order valence-electron chi connectivity index (χ1n) is 13.6. The van der Waals surface area contributed by atoms with Crippen LogP contribution in [-0.2, 0) is 11.0 Å². The first-order valence-corrected chi connectivity index (χ1v) is 15.7. The zero-order valence-electron chi connectivity index (χ0n) is 23.4. The third-order valence-electron chi connectivity index (χ3n) is 6.69. The predicted octanol–water partition coefficient (Wildman–Crippen LogP) is 6.14. The summed E-state index contributed by atoms with van der Waals surface area (Å²) < 4.78 is 49.7. The van der Waals surface area contributed by atoms with Gasteiger partial charge in [0, 0.05) is 36.9 Å². The number of pyridine rings is 1. The highest BCUT2D eigenvalue weighted by Gasteiger charge is 2.36. The summed E-state index contributed by atoms with van der Waals surface area (Å²) in [5, 5.41) is 5.83. The molecular weight excluding hydrogens is 554 g/mol. The van der Waals surface area contributed by atoms with E-state index in [4.69, 9.17) is 9.72 Å². The number of nitrogens with zero attached hydrogens (tertiary/aromatic N) is 3. The van der Waals surface area contributed by atoms with Gasteiger partial charge in [-0.15, -0.1) is 0 Å². The van der Waals surface area contributed by atoms with Crippen LogP contribution in [0.5, 0.6) is 5.75 Å². The van der Waals surface area contributed by atoms with Crippen LogP contribution in [0.25, 0.3) is 4.91 Å². The molecule has 8 nitrogen and oxygen atoms in total. The Morgan fingerprint density at radius 3 is 2.80 bits per heavy atom. The Balaban J connectivity index is 1.61. The largest absolute Gasteiger partial charge is 0.458 e. The highest BCUT2D eigenvalue weighted by atomic mass is 32.2. The molecule has 3 heterocycles. The molecule has 1 aliphatic carbocycles. The van der Waals surface area contributed by atoms with Gasteiger partial charge in [-0.25, -0.2) is 27.9 Å². The number of allylic oxidation sites excluding steroid dienone is 2. The second-order valence-corrected chi connectivity index (χ2v) is 13.1. The Morgan fingerprint density at radius 1 is 1.38 bits per heavy atom. The topological polar surface area (TPSA) is 101 Å². The molecule has 3 N–H and O–H groups in total. The van der Waals surface area contributed by atoms with Crippen molar-refractivity contribution in [1.29, 1.82) is 0 Å². The van der Waals surface area contributed by atoms with E-state index in [-0.39, 0.29) is 24.8 Å². The molecule has 2 aliphatic rings. The number of halogens is 2. The van der Waals surface area contributed by atoms with Gasteiger partial charge in [0.05, 0.1) is 23.3 Å². The van der Waals surface area contributed by atoms with Crippen LogP contribution in [-0.4, -0.2) is 50.0 Å². The number of thioether (sulfide) groups is 1. The van der Waals surface area contributed by atoms with Crippen molar-refractivity contribution >= 4 is 39.4 Å². The standard InChI is InChI=1S/C28H38F2N6O2S2/c1-6-18(4)25(38-23-14-33-24(11-19(23)5)36-40(37)15-20-7-8-20)26(39-17(2)3)22-9-10-32-27(35-22)34-21-12-28(29,30)16-31-13-21/h9-11,14,18,20-21,31H,2,6-8,12-13,15-16H2,1,3-5H3,(H,33,36)(H,32,34,35)/b26-25+. The van der Waals surface area contributed by atoms with Gasteiger partial charge >= 0.3 is 0 Å². The zero-order valence-corrected chi connectivity index (χ0v) is 25.1. The number of hydrogen-bond acceptors (Lipinski definition) is 8. The van der Waals surface area contributed by atoms with Gasteiger partial charge in [0.2, 0.25) is 5.95 Å². The van der Waals surface area contributed by atoms with E-state index >= 15 is 0 Å². The van der Waals surface area contributed by atoms with Gasteiger partial charge in [0.25, 0.3) is 5.92 Å². The number of rotatable bonds is 13. The normalized spacial score (nSPS) is 20.7. The molecule has 1 saturated heterocycles. The van der Waals surface area contributed by atoms with Crippen molar-refractivity contribution in [3.8, 4) is 5.75 Å². The molecule has 0 aromatic carbocycles. The summed E-state index contributed by atoms with van der Waals surface area (Å²) in [5.41, 5.74) is 1.45. The van der Waals surface area contributed by atoms with Crippen molar-refractivity contribution in [2.45, 2.75) is 65.3 Å². The van der Waals surface area contributed by atoms with Gasteiger partial charge in [0.1, 0.15) is 28.3 Å². The van der Waals surface area contributed by atoms with Crippen LogP contribution in [0.4, 0.5) is 20.5 Å². The van der Waals surface area contributed by atoms with E-state index in [2.05, 4.69) is 45.8 Å². The summed E-state index contributed by atoms with van der Waals surface area (Å²) in [4.78, 5) is 15.0. The van der Waals surface area contributed by atoms with E-state index in [1.165, 1.54) is 11.8 Å². The number of alkyl halides is 2. The summed E-state index contributed by atoms with van der Waals surface area (Å²) >= 11 is 1.44. The fraction of sp³-hybridized carbons (Fsp3) is 0.536. The van der Waals surface area contributed by atoms with Gasteiger partial charge in [-0.2, -0.15) is 0 Å². The second kappa shape index (κ2) is 13.4. The van der Waals surface area contributed by atoms with Gasteiger partial charge in [-0.05, 0) is 61.6 Å². The molecule has 0 amide bonds. The van der Waals surface area contributed by atoms with Crippen LogP contribution in [0, 0.1) is 18.8 Å². The van der Waals surface area contributed by atoms with Gasteiger partial charge < -0.3 is 15.4 Å². The number of aromatic nitrogens is 3. The van der Waals surface area contributed by atoms with Crippen LogP contribution in [0.2, 0.25) is 0 Å². The maximum absolute atomic E-state index is 13.9. The molecule has 2 aromatic heterocycles. The maximum atomic E-state index is 13.9. The van der Waals surface area contributed by atoms with Crippen LogP contribution in [0.3, 0.4) is 0 Å². The lowest BCUT2D eigenvalue weighted by Gasteiger charge is -2.30.